The van der Waals surface area contributed by atoms with Crippen molar-refractivity contribution >= 4 is 30.3 Å². The summed E-state index contributed by atoms with van der Waals surface area (Å²) in [6.07, 6.45) is -0.873. The maximum Gasteiger partial charge on any atom is 0.422 e. The summed E-state index contributed by atoms with van der Waals surface area (Å²) in [5.74, 6) is -0.537. The molecule has 1 fully saturated rings. The molecule has 2 aromatic rings. The van der Waals surface area contributed by atoms with E-state index in [1.54, 1.807) is 30.5 Å². The SMILES string of the molecule is C=NN(CCc1ccc(F)cc1)/C(NC(=O)CSC)=C1\CCC(c2ccc(OCC(F)(F)F)cc2CC)NC1=O. The molecule has 7 nitrogen and oxygen atoms in total. The Balaban J connectivity index is 1.82. The van der Waals surface area contributed by atoms with Gasteiger partial charge in [-0.2, -0.15) is 30.0 Å². The first-order chi connectivity index (χ1) is 19.0. The molecule has 0 aliphatic carbocycles. The van der Waals surface area contributed by atoms with Gasteiger partial charge in [0, 0.05) is 13.3 Å². The normalized spacial score (nSPS) is 16.6. The van der Waals surface area contributed by atoms with Crippen molar-refractivity contribution in [2.45, 2.75) is 44.8 Å². The van der Waals surface area contributed by atoms with Crippen molar-refractivity contribution in [3.8, 4) is 5.75 Å². The first-order valence-corrected chi connectivity index (χ1v) is 14.1. The van der Waals surface area contributed by atoms with Crippen LogP contribution in [0.2, 0.25) is 0 Å². The summed E-state index contributed by atoms with van der Waals surface area (Å²) in [6, 6.07) is 10.3. The van der Waals surface area contributed by atoms with Gasteiger partial charge < -0.3 is 15.4 Å². The Morgan fingerprint density at radius 2 is 1.98 bits per heavy atom. The van der Waals surface area contributed by atoms with Gasteiger partial charge in [-0.1, -0.05) is 25.1 Å². The van der Waals surface area contributed by atoms with Gasteiger partial charge in [-0.3, -0.25) is 9.59 Å². The summed E-state index contributed by atoms with van der Waals surface area (Å²) in [5, 5.41) is 11.3. The van der Waals surface area contributed by atoms with Gasteiger partial charge in [0.25, 0.3) is 5.91 Å². The Labute approximate surface area is 235 Å². The molecule has 2 amide bonds. The van der Waals surface area contributed by atoms with Crippen molar-refractivity contribution in [2.75, 3.05) is 25.2 Å². The number of ether oxygens (including phenoxy) is 1. The fourth-order valence-electron chi connectivity index (χ4n) is 4.40. The summed E-state index contributed by atoms with van der Waals surface area (Å²) in [5.41, 5.74) is 2.73. The average Bonchev–Trinajstić information content (AvgIpc) is 2.92. The van der Waals surface area contributed by atoms with Crippen LogP contribution in [0, 0.1) is 5.82 Å². The minimum Gasteiger partial charge on any atom is -0.484 e. The summed E-state index contributed by atoms with van der Waals surface area (Å²) in [6.45, 7) is 4.38. The lowest BCUT2D eigenvalue weighted by Gasteiger charge is -2.31. The molecular weight excluding hydrogens is 548 g/mol. The minimum absolute atomic E-state index is 0.105. The number of carbonyl (C=O) groups is 2. The number of amides is 2. The van der Waals surface area contributed by atoms with Crippen LogP contribution in [0.25, 0.3) is 0 Å². The Hall–Kier alpha value is -3.54. The smallest absolute Gasteiger partial charge is 0.422 e. The molecular formula is C28H32F4N4O3S. The highest BCUT2D eigenvalue weighted by molar-refractivity contribution is 7.99. The number of carbonyl (C=O) groups excluding carboxylic acids is 2. The lowest BCUT2D eigenvalue weighted by Crippen LogP contribution is -2.42. The minimum atomic E-state index is -4.44. The highest BCUT2D eigenvalue weighted by Crippen LogP contribution is 2.32. The Morgan fingerprint density at radius 1 is 1.25 bits per heavy atom. The van der Waals surface area contributed by atoms with E-state index in [0.717, 1.165) is 16.7 Å². The van der Waals surface area contributed by atoms with E-state index in [-0.39, 0.29) is 41.6 Å². The van der Waals surface area contributed by atoms with Gasteiger partial charge in [0.05, 0.1) is 17.4 Å². The second-order valence-corrected chi connectivity index (χ2v) is 10.00. The van der Waals surface area contributed by atoms with E-state index >= 15 is 0 Å². The molecule has 0 saturated carbocycles. The molecule has 0 spiro atoms. The van der Waals surface area contributed by atoms with E-state index in [4.69, 9.17) is 4.74 Å². The zero-order chi connectivity index (χ0) is 29.3. The van der Waals surface area contributed by atoms with Crippen LogP contribution in [-0.4, -0.2) is 54.9 Å². The Bertz CT molecular complexity index is 1240. The van der Waals surface area contributed by atoms with Crippen molar-refractivity contribution < 1.29 is 31.9 Å². The third-order valence-corrected chi connectivity index (χ3v) is 6.86. The second-order valence-electron chi connectivity index (χ2n) is 9.13. The van der Waals surface area contributed by atoms with Crippen LogP contribution in [0.4, 0.5) is 17.6 Å². The number of halogens is 4. The largest absolute Gasteiger partial charge is 0.484 e. The zero-order valence-corrected chi connectivity index (χ0v) is 23.1. The molecule has 0 radical (unpaired) electrons. The number of nitrogens with zero attached hydrogens (tertiary/aromatic N) is 2. The van der Waals surface area contributed by atoms with Gasteiger partial charge in [-0.05, 0) is 72.9 Å². The molecule has 1 aliphatic heterocycles. The van der Waals surface area contributed by atoms with E-state index in [1.807, 2.05) is 6.92 Å². The number of rotatable bonds is 12. The van der Waals surface area contributed by atoms with E-state index in [9.17, 15) is 27.2 Å². The molecule has 216 valence electrons. The molecule has 2 N–H and O–H groups in total. The highest BCUT2D eigenvalue weighted by Gasteiger charge is 2.31. The highest BCUT2D eigenvalue weighted by atomic mass is 32.2. The molecule has 12 heteroatoms. The number of piperidine rings is 1. The molecule has 0 bridgehead atoms. The van der Waals surface area contributed by atoms with Crippen LogP contribution < -0.4 is 15.4 Å². The maximum absolute atomic E-state index is 13.4. The Kier molecular flexibility index (Phi) is 11.0. The lowest BCUT2D eigenvalue weighted by molar-refractivity contribution is -0.153. The van der Waals surface area contributed by atoms with E-state index in [2.05, 4.69) is 22.5 Å². The van der Waals surface area contributed by atoms with Gasteiger partial charge in [-0.15, -0.1) is 0 Å². The number of nitrogens with one attached hydrogen (secondary N) is 2. The molecule has 40 heavy (non-hydrogen) atoms. The molecule has 1 saturated heterocycles. The molecule has 3 rings (SSSR count). The van der Waals surface area contributed by atoms with Crippen LogP contribution in [-0.2, 0) is 22.4 Å². The number of hydrazone groups is 1. The number of alkyl halides is 3. The Morgan fingerprint density at radius 3 is 2.58 bits per heavy atom. The van der Waals surface area contributed by atoms with Gasteiger partial charge >= 0.3 is 6.18 Å². The zero-order valence-electron chi connectivity index (χ0n) is 22.3. The second kappa shape index (κ2) is 14.2. The lowest BCUT2D eigenvalue weighted by atomic mass is 9.90. The van der Waals surface area contributed by atoms with E-state index < -0.39 is 18.7 Å². The van der Waals surface area contributed by atoms with E-state index in [0.29, 0.717) is 31.3 Å². The monoisotopic (exact) mass is 580 g/mol. The molecule has 1 heterocycles. The van der Waals surface area contributed by atoms with Crippen molar-refractivity contribution in [1.82, 2.24) is 15.6 Å². The summed E-state index contributed by atoms with van der Waals surface area (Å²) < 4.78 is 55.9. The van der Waals surface area contributed by atoms with Crippen molar-refractivity contribution in [1.29, 1.82) is 0 Å². The number of benzene rings is 2. The van der Waals surface area contributed by atoms with Crippen molar-refractivity contribution in [3.05, 3.63) is 76.4 Å². The van der Waals surface area contributed by atoms with Crippen LogP contribution in [0.1, 0.15) is 42.5 Å². The van der Waals surface area contributed by atoms with Gasteiger partial charge in [-0.25, -0.2) is 9.40 Å². The predicted molar refractivity (Wildman–Crippen MR) is 147 cm³/mol. The molecule has 1 atom stereocenters. The third kappa shape index (κ3) is 8.73. The quantitative estimate of drug-likeness (QED) is 0.157. The van der Waals surface area contributed by atoms with Crippen LogP contribution >= 0.6 is 11.8 Å². The molecule has 1 aliphatic rings. The summed E-state index contributed by atoms with van der Waals surface area (Å²) >= 11 is 1.33. The topological polar surface area (TPSA) is 83.0 Å². The molecule has 0 aromatic heterocycles. The predicted octanol–water partition coefficient (Wildman–Crippen LogP) is 5.13. The van der Waals surface area contributed by atoms with Crippen LogP contribution in [0.15, 0.2) is 59.0 Å². The number of thioether (sulfide) groups is 1. The average molecular weight is 581 g/mol. The van der Waals surface area contributed by atoms with Gasteiger partial charge in [0.15, 0.2) is 6.61 Å². The summed E-state index contributed by atoms with van der Waals surface area (Å²) in [4.78, 5) is 25.9. The van der Waals surface area contributed by atoms with Crippen molar-refractivity contribution in [3.63, 3.8) is 0 Å². The maximum atomic E-state index is 13.4. The fourth-order valence-corrected chi connectivity index (χ4v) is 4.73. The standard InChI is InChI=1S/C28H32F4N4O3S/c1-4-19-15-21(39-17-28(30,31)32)9-10-22(19)24-12-11-23(27(38)34-24)26(35-25(37)16-40-3)36(33-2)14-13-18-5-7-20(29)8-6-18/h5-10,15,24H,2,4,11-14,16-17H2,1,3H3,(H,34,38)(H,35,37)/b26-23+. The van der Waals surface area contributed by atoms with Crippen molar-refractivity contribution in [2.24, 2.45) is 5.10 Å². The third-order valence-electron chi connectivity index (χ3n) is 6.31. The van der Waals surface area contributed by atoms with Crippen LogP contribution in [0.5, 0.6) is 5.75 Å². The summed E-state index contributed by atoms with van der Waals surface area (Å²) in [7, 11) is 0. The van der Waals surface area contributed by atoms with E-state index in [1.165, 1.54) is 35.0 Å². The number of hydrogen-bond donors (Lipinski definition) is 2. The van der Waals surface area contributed by atoms with Gasteiger partial charge in [0.2, 0.25) is 5.91 Å². The van der Waals surface area contributed by atoms with Crippen LogP contribution in [0.3, 0.4) is 0 Å². The first kappa shape index (κ1) is 31.0. The number of hydrogen-bond acceptors (Lipinski definition) is 6. The first-order valence-electron chi connectivity index (χ1n) is 12.7. The fraction of sp³-hybridized carbons (Fsp3) is 0.393. The van der Waals surface area contributed by atoms with Gasteiger partial charge in [0.1, 0.15) is 17.4 Å². The number of aryl methyl sites for hydroxylation is 1. The molecule has 2 aromatic carbocycles. The molecule has 1 unspecified atom stereocenters.